The predicted molar refractivity (Wildman–Crippen MR) is 98.5 cm³/mol. The van der Waals surface area contributed by atoms with Gasteiger partial charge in [0.1, 0.15) is 11.4 Å². The second-order valence-corrected chi connectivity index (χ2v) is 6.72. The van der Waals surface area contributed by atoms with E-state index < -0.39 is 0 Å². The van der Waals surface area contributed by atoms with Crippen LogP contribution in [0, 0.1) is 6.92 Å². The second-order valence-electron chi connectivity index (χ2n) is 6.72. The number of benzene rings is 1. The number of imidazole rings is 1. The molecule has 0 unspecified atom stereocenters. The highest BCUT2D eigenvalue weighted by atomic mass is 16.5. The maximum atomic E-state index is 5.74. The molecule has 2 aromatic heterocycles. The summed E-state index contributed by atoms with van der Waals surface area (Å²) >= 11 is 0. The summed E-state index contributed by atoms with van der Waals surface area (Å²) < 4.78 is 7.94. The zero-order chi connectivity index (χ0) is 17.3. The number of rotatable bonds is 5. The Labute approximate surface area is 143 Å². The minimum atomic E-state index is 0.179. The van der Waals surface area contributed by atoms with Crippen LogP contribution in [0.2, 0.25) is 0 Å². The molecule has 0 saturated carbocycles. The molecular weight excluding hydrogens is 298 g/mol. The predicted octanol–water partition coefficient (Wildman–Crippen LogP) is 4.16. The molecule has 0 radical (unpaired) electrons. The second kappa shape index (κ2) is 6.65. The van der Waals surface area contributed by atoms with Crippen LogP contribution in [0.5, 0.6) is 5.75 Å². The molecule has 0 bridgehead atoms. The van der Waals surface area contributed by atoms with E-state index >= 15 is 0 Å². The normalized spacial score (nSPS) is 11.6. The Morgan fingerprint density at radius 3 is 2.46 bits per heavy atom. The van der Waals surface area contributed by atoms with Gasteiger partial charge in [0.05, 0.1) is 17.5 Å². The van der Waals surface area contributed by atoms with Crippen LogP contribution in [-0.2, 0) is 6.54 Å². The van der Waals surface area contributed by atoms with Gasteiger partial charge in [-0.2, -0.15) is 0 Å². The van der Waals surface area contributed by atoms with Gasteiger partial charge in [0, 0.05) is 18.3 Å². The Morgan fingerprint density at radius 2 is 1.83 bits per heavy atom. The van der Waals surface area contributed by atoms with Gasteiger partial charge in [0.2, 0.25) is 0 Å². The van der Waals surface area contributed by atoms with Crippen LogP contribution in [-0.4, -0.2) is 34.5 Å². The molecule has 3 rings (SSSR count). The fourth-order valence-electron chi connectivity index (χ4n) is 2.90. The molecular formula is C20H25N3O. The highest BCUT2D eigenvalue weighted by molar-refractivity contribution is 5.68. The summed E-state index contributed by atoms with van der Waals surface area (Å²) in [6, 6.07) is 12.4. The summed E-state index contributed by atoms with van der Waals surface area (Å²) in [6.07, 6.45) is 2.27. The third kappa shape index (κ3) is 3.29. The number of pyridine rings is 1. The third-order valence-corrected chi connectivity index (χ3v) is 3.91. The van der Waals surface area contributed by atoms with Crippen molar-refractivity contribution in [1.29, 1.82) is 0 Å². The van der Waals surface area contributed by atoms with E-state index in [1.807, 2.05) is 26.0 Å². The lowest BCUT2D eigenvalue weighted by molar-refractivity contribution is 0.242. The van der Waals surface area contributed by atoms with E-state index in [9.17, 15) is 0 Å². The fraction of sp³-hybridized carbons (Fsp3) is 0.350. The van der Waals surface area contributed by atoms with E-state index in [0.717, 1.165) is 29.2 Å². The molecule has 0 aliphatic rings. The number of fused-ring (bicyclic) bond motifs is 1. The van der Waals surface area contributed by atoms with E-state index in [2.05, 4.69) is 60.8 Å². The Bertz CT molecular complexity index is 832. The van der Waals surface area contributed by atoms with Crippen molar-refractivity contribution in [3.8, 4) is 17.0 Å². The molecule has 0 fully saturated rings. The number of nitrogens with zero attached hydrogens (tertiary/aromatic N) is 3. The summed E-state index contributed by atoms with van der Waals surface area (Å²) in [5, 5.41) is 0. The van der Waals surface area contributed by atoms with Gasteiger partial charge in [0.15, 0.2) is 0 Å². The number of hydrogen-bond donors (Lipinski definition) is 0. The summed E-state index contributed by atoms with van der Waals surface area (Å²) in [5.41, 5.74) is 5.56. The Morgan fingerprint density at radius 1 is 1.12 bits per heavy atom. The van der Waals surface area contributed by atoms with E-state index in [-0.39, 0.29) is 6.10 Å². The molecule has 0 saturated heterocycles. The van der Waals surface area contributed by atoms with Crippen LogP contribution in [0.4, 0.5) is 0 Å². The van der Waals surface area contributed by atoms with Gasteiger partial charge in [-0.3, -0.25) is 0 Å². The molecule has 0 amide bonds. The molecule has 0 atom stereocenters. The molecule has 2 heterocycles. The number of ether oxygens (including phenoxy) is 1. The molecule has 0 N–H and O–H groups in total. The maximum Gasteiger partial charge on any atom is 0.140 e. The average molecular weight is 323 g/mol. The first-order valence-corrected chi connectivity index (χ1v) is 8.34. The largest absolute Gasteiger partial charge is 0.491 e. The van der Waals surface area contributed by atoms with Crippen molar-refractivity contribution in [3.05, 3.63) is 53.9 Å². The van der Waals surface area contributed by atoms with Crippen LogP contribution < -0.4 is 4.74 Å². The lowest BCUT2D eigenvalue weighted by Gasteiger charge is -2.12. The first kappa shape index (κ1) is 16.5. The van der Waals surface area contributed by atoms with Crippen LogP contribution in [0.3, 0.4) is 0 Å². The standard InChI is InChI=1S/C20H25N3O/c1-14(2)24-17-10-8-16(9-11-17)19-18(13-22(4)5)23-12-6-7-15(3)20(23)21-19/h6-12,14H,13H2,1-5H3. The SMILES string of the molecule is Cc1cccn2c(CN(C)C)c(-c3ccc(OC(C)C)cc3)nc12. The summed E-state index contributed by atoms with van der Waals surface area (Å²) in [5.74, 6) is 0.892. The van der Waals surface area contributed by atoms with E-state index in [4.69, 9.17) is 9.72 Å². The number of aryl methyl sites for hydroxylation is 1. The van der Waals surface area contributed by atoms with E-state index in [1.54, 1.807) is 0 Å². The van der Waals surface area contributed by atoms with Gasteiger partial charge < -0.3 is 14.0 Å². The third-order valence-electron chi connectivity index (χ3n) is 3.91. The van der Waals surface area contributed by atoms with Crippen molar-refractivity contribution in [1.82, 2.24) is 14.3 Å². The summed E-state index contributed by atoms with van der Waals surface area (Å²) in [4.78, 5) is 7.09. The zero-order valence-corrected chi connectivity index (χ0v) is 15.1. The molecule has 3 aromatic rings. The topological polar surface area (TPSA) is 29.8 Å². The first-order valence-electron chi connectivity index (χ1n) is 8.34. The van der Waals surface area contributed by atoms with Crippen LogP contribution in [0.15, 0.2) is 42.6 Å². The minimum Gasteiger partial charge on any atom is -0.491 e. The van der Waals surface area contributed by atoms with E-state index in [1.165, 1.54) is 11.3 Å². The lowest BCUT2D eigenvalue weighted by Crippen LogP contribution is -2.13. The van der Waals surface area contributed by atoms with Gasteiger partial charge in [-0.15, -0.1) is 0 Å². The van der Waals surface area contributed by atoms with Gasteiger partial charge in [-0.05, 0) is 70.8 Å². The minimum absolute atomic E-state index is 0.179. The summed E-state index contributed by atoms with van der Waals surface area (Å²) in [7, 11) is 4.16. The monoisotopic (exact) mass is 323 g/mol. The van der Waals surface area contributed by atoms with Crippen molar-refractivity contribution in [2.75, 3.05) is 14.1 Å². The number of aromatic nitrogens is 2. The lowest BCUT2D eigenvalue weighted by atomic mass is 10.1. The highest BCUT2D eigenvalue weighted by Gasteiger charge is 2.15. The Balaban J connectivity index is 2.09. The zero-order valence-electron chi connectivity index (χ0n) is 15.1. The smallest absolute Gasteiger partial charge is 0.140 e. The number of hydrogen-bond acceptors (Lipinski definition) is 3. The van der Waals surface area contributed by atoms with Crippen LogP contribution >= 0.6 is 0 Å². The molecule has 24 heavy (non-hydrogen) atoms. The Hall–Kier alpha value is -2.33. The van der Waals surface area contributed by atoms with Crippen molar-refractivity contribution < 1.29 is 4.74 Å². The molecule has 0 spiro atoms. The molecule has 1 aromatic carbocycles. The molecule has 4 heteroatoms. The van der Waals surface area contributed by atoms with Gasteiger partial charge in [0.25, 0.3) is 0 Å². The van der Waals surface area contributed by atoms with Gasteiger partial charge in [-0.25, -0.2) is 4.98 Å². The van der Waals surface area contributed by atoms with Crippen LogP contribution in [0.1, 0.15) is 25.1 Å². The maximum absolute atomic E-state index is 5.74. The molecule has 0 aliphatic carbocycles. The van der Waals surface area contributed by atoms with Crippen molar-refractivity contribution in [2.45, 2.75) is 33.4 Å². The van der Waals surface area contributed by atoms with Gasteiger partial charge >= 0.3 is 0 Å². The molecule has 0 aliphatic heterocycles. The van der Waals surface area contributed by atoms with Crippen molar-refractivity contribution in [2.24, 2.45) is 0 Å². The van der Waals surface area contributed by atoms with E-state index in [0.29, 0.717) is 0 Å². The average Bonchev–Trinajstić information content (AvgIpc) is 2.87. The Kier molecular flexibility index (Phi) is 4.58. The first-order chi connectivity index (χ1) is 11.5. The summed E-state index contributed by atoms with van der Waals surface area (Å²) in [6.45, 7) is 7.01. The van der Waals surface area contributed by atoms with Gasteiger partial charge in [-0.1, -0.05) is 6.07 Å². The molecule has 126 valence electrons. The highest BCUT2D eigenvalue weighted by Crippen LogP contribution is 2.28. The van der Waals surface area contributed by atoms with Crippen molar-refractivity contribution in [3.63, 3.8) is 0 Å². The quantitative estimate of drug-likeness (QED) is 0.706. The van der Waals surface area contributed by atoms with Crippen molar-refractivity contribution >= 4 is 5.65 Å². The fourth-order valence-corrected chi connectivity index (χ4v) is 2.90. The molecule has 4 nitrogen and oxygen atoms in total. The van der Waals surface area contributed by atoms with Crippen LogP contribution in [0.25, 0.3) is 16.9 Å².